The van der Waals surface area contributed by atoms with Crippen molar-refractivity contribution in [3.8, 4) is 34.8 Å². The number of nitrogens with zero attached hydrogens (tertiary/aromatic N) is 3. The number of nitrogens with two attached hydrogens (primary N) is 2. The number of thioether (sulfide) groups is 1. The molecular weight excluding hydrogens is 426 g/mol. The number of hydrogen-bond donors (Lipinski definition) is 3. The minimum Gasteiger partial charge on any atom is -0.504 e. The highest BCUT2D eigenvalue weighted by Crippen LogP contribution is 2.39. The lowest BCUT2D eigenvalue weighted by atomic mass is 9.96. The number of benzene rings is 1. The minimum atomic E-state index is -3.53. The van der Waals surface area contributed by atoms with Crippen molar-refractivity contribution in [2.75, 3.05) is 17.2 Å². The van der Waals surface area contributed by atoms with E-state index in [1.165, 1.54) is 23.9 Å². The molecule has 0 atom stereocenters. The number of anilines is 1. The van der Waals surface area contributed by atoms with Crippen LogP contribution in [0.2, 0.25) is 0 Å². The molecule has 0 amide bonds. The molecule has 0 saturated carbocycles. The second kappa shape index (κ2) is 9.98. The number of nitriles is 2. The van der Waals surface area contributed by atoms with Gasteiger partial charge in [-0.2, -0.15) is 10.5 Å². The predicted octanol–water partition coefficient (Wildman–Crippen LogP) is 2.46. The first-order chi connectivity index (χ1) is 14.2. The number of sulfonamides is 1. The molecule has 0 unspecified atom stereocenters. The van der Waals surface area contributed by atoms with Gasteiger partial charge in [-0.25, -0.2) is 18.5 Å². The molecule has 1 aromatic heterocycles. The number of hydrogen-bond acceptors (Lipinski definition) is 9. The van der Waals surface area contributed by atoms with E-state index in [-0.39, 0.29) is 39.8 Å². The molecule has 2 aromatic rings. The molecule has 11 heteroatoms. The summed E-state index contributed by atoms with van der Waals surface area (Å²) in [5, 5.41) is 34.7. The molecule has 0 radical (unpaired) electrons. The number of ether oxygens (including phenoxy) is 1. The van der Waals surface area contributed by atoms with E-state index >= 15 is 0 Å². The van der Waals surface area contributed by atoms with Crippen LogP contribution in [0, 0.1) is 22.7 Å². The van der Waals surface area contributed by atoms with Crippen molar-refractivity contribution in [3.63, 3.8) is 0 Å². The SMILES string of the molecule is C=COc1ccc(-c2c(C#N)c(N)nc(SCCCCS(N)(=O)=O)c2C#N)cc1O. The Labute approximate surface area is 178 Å². The minimum absolute atomic E-state index is 0.0157. The van der Waals surface area contributed by atoms with Gasteiger partial charge < -0.3 is 15.6 Å². The Bertz CT molecular complexity index is 1150. The highest BCUT2D eigenvalue weighted by molar-refractivity contribution is 7.99. The molecule has 0 fully saturated rings. The molecule has 156 valence electrons. The van der Waals surface area contributed by atoms with Gasteiger partial charge in [-0.15, -0.1) is 11.8 Å². The summed E-state index contributed by atoms with van der Waals surface area (Å²) in [6.45, 7) is 3.42. The van der Waals surface area contributed by atoms with Crippen molar-refractivity contribution in [2.24, 2.45) is 5.14 Å². The van der Waals surface area contributed by atoms with E-state index in [9.17, 15) is 24.0 Å². The summed E-state index contributed by atoms with van der Waals surface area (Å²) >= 11 is 1.22. The average molecular weight is 446 g/mol. The maximum Gasteiger partial charge on any atom is 0.209 e. The third-order valence-electron chi connectivity index (χ3n) is 3.94. The molecule has 0 aliphatic rings. The molecule has 9 nitrogen and oxygen atoms in total. The number of primary sulfonamides is 1. The third-order valence-corrected chi connectivity index (χ3v) is 5.85. The third kappa shape index (κ3) is 5.64. The topological polar surface area (TPSA) is 176 Å². The Hall–Kier alpha value is -3.25. The van der Waals surface area contributed by atoms with Gasteiger partial charge in [-0.05, 0) is 36.3 Å². The molecule has 0 aliphatic carbocycles. The normalized spacial score (nSPS) is 10.8. The summed E-state index contributed by atoms with van der Waals surface area (Å²) in [4.78, 5) is 4.17. The number of nitrogen functional groups attached to an aromatic ring is 1. The lowest BCUT2D eigenvalue weighted by Gasteiger charge is -2.14. The summed E-state index contributed by atoms with van der Waals surface area (Å²) in [6.07, 6.45) is 2.05. The number of unbranched alkanes of at least 4 members (excludes halogenated alkanes) is 1. The van der Waals surface area contributed by atoms with Crippen molar-refractivity contribution < 1.29 is 18.3 Å². The van der Waals surface area contributed by atoms with Gasteiger partial charge in [0.05, 0.1) is 17.6 Å². The second-order valence-electron chi connectivity index (χ2n) is 6.04. The van der Waals surface area contributed by atoms with Gasteiger partial charge in [-0.3, -0.25) is 0 Å². The molecule has 5 N–H and O–H groups in total. The second-order valence-corrected chi connectivity index (χ2v) is 8.86. The van der Waals surface area contributed by atoms with Gasteiger partial charge in [-0.1, -0.05) is 12.6 Å². The lowest BCUT2D eigenvalue weighted by molar-refractivity contribution is 0.411. The van der Waals surface area contributed by atoms with Gasteiger partial charge >= 0.3 is 0 Å². The summed E-state index contributed by atoms with van der Waals surface area (Å²) < 4.78 is 27.1. The predicted molar refractivity (Wildman–Crippen MR) is 114 cm³/mol. The summed E-state index contributed by atoms with van der Waals surface area (Å²) in [7, 11) is -3.53. The molecule has 0 aliphatic heterocycles. The maximum absolute atomic E-state index is 11.0. The van der Waals surface area contributed by atoms with Crippen molar-refractivity contribution in [2.45, 2.75) is 17.9 Å². The molecule has 2 rings (SSSR count). The fourth-order valence-corrected chi connectivity index (χ4v) is 4.23. The van der Waals surface area contributed by atoms with Gasteiger partial charge in [0.25, 0.3) is 0 Å². The van der Waals surface area contributed by atoms with Crippen LogP contribution in [0.25, 0.3) is 11.1 Å². The van der Waals surface area contributed by atoms with Crippen LogP contribution < -0.4 is 15.6 Å². The van der Waals surface area contributed by atoms with Crippen molar-refractivity contribution >= 4 is 27.6 Å². The Morgan fingerprint density at radius 1 is 1.27 bits per heavy atom. The van der Waals surface area contributed by atoms with E-state index < -0.39 is 10.0 Å². The summed E-state index contributed by atoms with van der Waals surface area (Å²) in [6, 6.07) is 8.43. The lowest BCUT2D eigenvalue weighted by Crippen LogP contribution is -2.16. The number of phenolic OH excluding ortho intramolecular Hbond substituents is 1. The monoisotopic (exact) mass is 445 g/mol. The number of aromatic hydroxyl groups is 1. The van der Waals surface area contributed by atoms with E-state index in [4.69, 9.17) is 15.6 Å². The van der Waals surface area contributed by atoms with Crippen LogP contribution in [-0.4, -0.2) is 30.0 Å². The first kappa shape index (κ1) is 23.0. The first-order valence-corrected chi connectivity index (χ1v) is 11.3. The molecule has 30 heavy (non-hydrogen) atoms. The Balaban J connectivity index is 2.42. The van der Waals surface area contributed by atoms with Gasteiger partial charge in [0.1, 0.15) is 28.5 Å². The van der Waals surface area contributed by atoms with Crippen molar-refractivity contribution in [3.05, 3.63) is 42.2 Å². The Morgan fingerprint density at radius 2 is 1.97 bits per heavy atom. The van der Waals surface area contributed by atoms with E-state index in [2.05, 4.69) is 17.6 Å². The maximum atomic E-state index is 11.0. The summed E-state index contributed by atoms with van der Waals surface area (Å²) in [5.74, 6) is 0.249. The molecule has 1 heterocycles. The fraction of sp³-hybridized carbons (Fsp3) is 0.211. The van der Waals surface area contributed by atoms with Crippen LogP contribution in [0.3, 0.4) is 0 Å². The van der Waals surface area contributed by atoms with E-state index in [0.717, 1.165) is 6.26 Å². The molecule has 0 spiro atoms. The van der Waals surface area contributed by atoms with E-state index in [1.807, 2.05) is 6.07 Å². The highest BCUT2D eigenvalue weighted by Gasteiger charge is 2.21. The summed E-state index contributed by atoms with van der Waals surface area (Å²) in [5.41, 5.74) is 6.73. The smallest absolute Gasteiger partial charge is 0.209 e. The average Bonchev–Trinajstić information content (AvgIpc) is 2.68. The molecular formula is C19H19N5O4S2. The van der Waals surface area contributed by atoms with Crippen molar-refractivity contribution in [1.29, 1.82) is 10.5 Å². The number of pyridine rings is 1. The molecule has 0 bridgehead atoms. The van der Waals surface area contributed by atoms with Gasteiger partial charge in [0.2, 0.25) is 10.0 Å². The fourth-order valence-electron chi connectivity index (χ4n) is 2.63. The van der Waals surface area contributed by atoms with E-state index in [0.29, 0.717) is 29.2 Å². The quantitative estimate of drug-likeness (QED) is 0.297. The van der Waals surface area contributed by atoms with Crippen molar-refractivity contribution in [1.82, 2.24) is 4.98 Å². The first-order valence-electron chi connectivity index (χ1n) is 8.59. The van der Waals surface area contributed by atoms with Crippen LogP contribution >= 0.6 is 11.8 Å². The van der Waals surface area contributed by atoms with E-state index in [1.54, 1.807) is 6.07 Å². The number of phenols is 1. The zero-order valence-electron chi connectivity index (χ0n) is 15.8. The standard InChI is InChI=1S/C19H19N5O4S2/c1-2-28-16-6-5-12(9-15(16)25)17-13(10-20)18(22)24-19(14(17)11-21)29-7-3-4-8-30(23,26)27/h2,5-6,9,25H,1,3-4,7-8H2,(H2,22,24)(H2,23,26,27). The molecule has 1 aromatic carbocycles. The zero-order chi connectivity index (χ0) is 22.3. The van der Waals surface area contributed by atoms with Crippen LogP contribution in [0.4, 0.5) is 5.82 Å². The zero-order valence-corrected chi connectivity index (χ0v) is 17.5. The van der Waals surface area contributed by atoms with Crippen LogP contribution in [0.1, 0.15) is 24.0 Å². The molecule has 0 saturated heterocycles. The van der Waals surface area contributed by atoms with Crippen LogP contribution in [0.15, 0.2) is 36.1 Å². The van der Waals surface area contributed by atoms with Crippen LogP contribution in [0.5, 0.6) is 11.5 Å². The van der Waals surface area contributed by atoms with Gasteiger partial charge in [0.15, 0.2) is 11.5 Å². The highest BCUT2D eigenvalue weighted by atomic mass is 32.2. The number of rotatable bonds is 9. The largest absolute Gasteiger partial charge is 0.504 e. The van der Waals surface area contributed by atoms with Crippen LogP contribution in [-0.2, 0) is 10.0 Å². The Kier molecular flexibility index (Phi) is 7.66. The number of aromatic nitrogens is 1. The Morgan fingerprint density at radius 3 is 2.53 bits per heavy atom. The van der Waals surface area contributed by atoms with Gasteiger partial charge in [0, 0.05) is 5.56 Å².